The summed E-state index contributed by atoms with van der Waals surface area (Å²) in [7, 11) is 1.99. The standard InChI is InChI=1S/C18H23N5O3.2C2HF3O2/c1-21-6-5-20-16(21)10-22-7-8-25-14-18(12-22)13-23(17(24)11-26-18)15-3-2-4-19-9-15;2*3-2(4,5)1(6)7/h2-6,9H,7-8,10-14H2,1H3;2*(H,6,7). The van der Waals surface area contributed by atoms with Crippen LogP contribution in [-0.4, -0.2) is 105 Å². The summed E-state index contributed by atoms with van der Waals surface area (Å²) in [5.41, 5.74) is 0.242. The lowest BCUT2D eigenvalue weighted by Crippen LogP contribution is -2.60. The van der Waals surface area contributed by atoms with E-state index in [9.17, 15) is 31.1 Å². The summed E-state index contributed by atoms with van der Waals surface area (Å²) in [6.45, 7) is 3.81. The maximum Gasteiger partial charge on any atom is 0.490 e. The molecule has 12 nitrogen and oxygen atoms in total. The van der Waals surface area contributed by atoms with Crippen LogP contribution in [0.15, 0.2) is 36.9 Å². The summed E-state index contributed by atoms with van der Waals surface area (Å²) in [6.07, 6.45) is -3.01. The molecule has 222 valence electrons. The van der Waals surface area contributed by atoms with Gasteiger partial charge in [0.15, 0.2) is 0 Å². The van der Waals surface area contributed by atoms with Crippen molar-refractivity contribution in [3.8, 4) is 0 Å². The van der Waals surface area contributed by atoms with Crippen molar-refractivity contribution in [3.63, 3.8) is 0 Å². The first-order valence-electron chi connectivity index (χ1n) is 11.2. The maximum atomic E-state index is 12.4. The van der Waals surface area contributed by atoms with E-state index in [4.69, 9.17) is 29.3 Å². The van der Waals surface area contributed by atoms with Crippen LogP contribution < -0.4 is 4.90 Å². The summed E-state index contributed by atoms with van der Waals surface area (Å²) in [5.74, 6) is -4.57. The number of alkyl halides is 6. The van der Waals surface area contributed by atoms with E-state index in [0.717, 1.165) is 24.6 Å². The van der Waals surface area contributed by atoms with Gasteiger partial charge in [-0.2, -0.15) is 26.3 Å². The molecule has 2 fully saturated rings. The van der Waals surface area contributed by atoms with Gasteiger partial charge >= 0.3 is 24.3 Å². The molecule has 0 aliphatic carbocycles. The highest BCUT2D eigenvalue weighted by molar-refractivity contribution is 5.95. The lowest BCUT2D eigenvalue weighted by molar-refractivity contribution is -0.193. The van der Waals surface area contributed by atoms with E-state index >= 15 is 0 Å². The first-order valence-corrected chi connectivity index (χ1v) is 11.2. The second kappa shape index (κ2) is 13.5. The number of anilines is 1. The van der Waals surface area contributed by atoms with Gasteiger partial charge in [-0.15, -0.1) is 0 Å². The summed E-state index contributed by atoms with van der Waals surface area (Å²) in [5, 5.41) is 14.2. The SMILES string of the molecule is Cn1ccnc1CN1CCOCC2(C1)CN(c1cccnc1)C(=O)CO2.O=C(O)C(F)(F)F.O=C(O)C(F)(F)F. The van der Waals surface area contributed by atoms with Crippen LogP contribution in [0.1, 0.15) is 5.82 Å². The van der Waals surface area contributed by atoms with Crippen molar-refractivity contribution in [2.75, 3.05) is 44.4 Å². The number of aliphatic carboxylic acids is 2. The summed E-state index contributed by atoms with van der Waals surface area (Å²) >= 11 is 0. The van der Waals surface area contributed by atoms with Crippen molar-refractivity contribution in [3.05, 3.63) is 42.7 Å². The van der Waals surface area contributed by atoms with E-state index < -0.39 is 29.9 Å². The third kappa shape index (κ3) is 9.76. The van der Waals surface area contributed by atoms with Gasteiger partial charge in [0.1, 0.15) is 18.0 Å². The number of carbonyl (C=O) groups excluding carboxylic acids is 1. The van der Waals surface area contributed by atoms with Gasteiger partial charge in [0.05, 0.1) is 38.2 Å². The van der Waals surface area contributed by atoms with E-state index in [1.807, 2.05) is 29.9 Å². The topological polar surface area (TPSA) is 147 Å². The van der Waals surface area contributed by atoms with Crippen LogP contribution in [0.3, 0.4) is 0 Å². The Morgan fingerprint density at radius 2 is 1.70 bits per heavy atom. The van der Waals surface area contributed by atoms with Gasteiger partial charge in [-0.25, -0.2) is 14.6 Å². The van der Waals surface area contributed by atoms with Gasteiger partial charge in [0.2, 0.25) is 0 Å². The minimum absolute atomic E-state index is 0.0501. The number of rotatable bonds is 3. The molecule has 2 aromatic rings. The average molecular weight is 585 g/mol. The number of aromatic nitrogens is 3. The van der Waals surface area contributed by atoms with Gasteiger partial charge in [0, 0.05) is 38.7 Å². The highest BCUT2D eigenvalue weighted by Gasteiger charge is 2.43. The number of amides is 1. The number of imidazole rings is 1. The second-order valence-corrected chi connectivity index (χ2v) is 8.49. The number of hydrogen-bond acceptors (Lipinski definition) is 8. The molecule has 1 amide bonds. The van der Waals surface area contributed by atoms with Gasteiger partial charge < -0.3 is 29.2 Å². The van der Waals surface area contributed by atoms with Crippen LogP contribution >= 0.6 is 0 Å². The van der Waals surface area contributed by atoms with E-state index in [2.05, 4.69) is 14.9 Å². The predicted molar refractivity (Wildman–Crippen MR) is 122 cm³/mol. The molecule has 4 heterocycles. The molecule has 4 rings (SSSR count). The molecule has 1 atom stereocenters. The van der Waals surface area contributed by atoms with Crippen LogP contribution in [-0.2, 0) is 37.4 Å². The first kappa shape index (κ1) is 32.4. The van der Waals surface area contributed by atoms with E-state index in [1.165, 1.54) is 0 Å². The molecule has 40 heavy (non-hydrogen) atoms. The normalized spacial score (nSPS) is 20.1. The van der Waals surface area contributed by atoms with Crippen LogP contribution in [0.25, 0.3) is 0 Å². The summed E-state index contributed by atoms with van der Waals surface area (Å²) < 4.78 is 77.4. The van der Waals surface area contributed by atoms with E-state index in [1.54, 1.807) is 23.5 Å². The van der Waals surface area contributed by atoms with Crippen molar-refractivity contribution in [2.45, 2.75) is 24.5 Å². The number of halogens is 6. The van der Waals surface area contributed by atoms with E-state index in [0.29, 0.717) is 26.3 Å². The number of carboxylic acids is 2. The van der Waals surface area contributed by atoms with Crippen molar-refractivity contribution in [1.29, 1.82) is 0 Å². The Labute approximate surface area is 222 Å². The fourth-order valence-electron chi connectivity index (χ4n) is 3.51. The van der Waals surface area contributed by atoms with Crippen molar-refractivity contribution in [2.24, 2.45) is 7.05 Å². The molecular weight excluding hydrogens is 560 g/mol. The number of carbonyl (C=O) groups is 3. The second-order valence-electron chi connectivity index (χ2n) is 8.49. The zero-order valence-corrected chi connectivity index (χ0v) is 20.9. The highest BCUT2D eigenvalue weighted by atomic mass is 19.4. The Morgan fingerprint density at radius 3 is 2.20 bits per heavy atom. The Bertz CT molecular complexity index is 1120. The zero-order valence-electron chi connectivity index (χ0n) is 20.9. The van der Waals surface area contributed by atoms with Crippen molar-refractivity contribution in [1.82, 2.24) is 19.4 Å². The molecule has 1 spiro atoms. The van der Waals surface area contributed by atoms with Gasteiger partial charge in [-0.1, -0.05) is 0 Å². The first-order chi connectivity index (χ1) is 18.5. The Hall–Kier alpha value is -3.77. The molecule has 18 heteroatoms. The quantitative estimate of drug-likeness (QED) is 0.511. The van der Waals surface area contributed by atoms with Gasteiger partial charge in [-0.05, 0) is 12.1 Å². The molecule has 0 radical (unpaired) electrons. The Balaban J connectivity index is 0.000000333. The molecule has 0 saturated carbocycles. The van der Waals surface area contributed by atoms with E-state index in [-0.39, 0.29) is 12.5 Å². The van der Waals surface area contributed by atoms with Crippen molar-refractivity contribution >= 4 is 23.5 Å². The molecular formula is C22H25F6N5O7. The van der Waals surface area contributed by atoms with Crippen LogP contribution in [0.2, 0.25) is 0 Å². The monoisotopic (exact) mass is 585 g/mol. The predicted octanol–water partition coefficient (Wildman–Crippen LogP) is 1.72. The minimum atomic E-state index is -5.08. The average Bonchev–Trinajstić information content (AvgIpc) is 3.16. The summed E-state index contributed by atoms with van der Waals surface area (Å²) in [4.78, 5) is 42.8. The van der Waals surface area contributed by atoms with Crippen LogP contribution in [0.5, 0.6) is 0 Å². The molecule has 0 bridgehead atoms. The van der Waals surface area contributed by atoms with Gasteiger partial charge in [0.25, 0.3) is 5.91 Å². The smallest absolute Gasteiger partial charge is 0.475 e. The highest BCUT2D eigenvalue weighted by Crippen LogP contribution is 2.27. The fraction of sp³-hybridized carbons (Fsp3) is 0.500. The minimum Gasteiger partial charge on any atom is -0.475 e. The molecule has 0 aromatic carbocycles. The Kier molecular flexibility index (Phi) is 11.0. The number of ether oxygens (including phenoxy) is 2. The number of aryl methyl sites for hydroxylation is 1. The number of morpholine rings is 1. The third-order valence-corrected chi connectivity index (χ3v) is 5.41. The fourth-order valence-corrected chi connectivity index (χ4v) is 3.51. The lowest BCUT2D eigenvalue weighted by Gasteiger charge is -2.42. The van der Waals surface area contributed by atoms with Crippen molar-refractivity contribution < 1.29 is 60.4 Å². The number of carboxylic acid groups (broad SMARTS) is 2. The van der Waals surface area contributed by atoms with Gasteiger partial charge in [-0.3, -0.25) is 14.7 Å². The maximum absolute atomic E-state index is 12.4. The molecule has 2 aliphatic heterocycles. The molecule has 2 aromatic heterocycles. The molecule has 1 unspecified atom stereocenters. The molecule has 2 N–H and O–H groups in total. The zero-order chi connectivity index (χ0) is 30.1. The molecule has 2 aliphatic rings. The van der Waals surface area contributed by atoms with Crippen LogP contribution in [0, 0.1) is 0 Å². The number of pyridine rings is 1. The lowest BCUT2D eigenvalue weighted by atomic mass is 10.0. The molecule has 2 saturated heterocycles. The number of hydrogen-bond donors (Lipinski definition) is 2. The summed E-state index contributed by atoms with van der Waals surface area (Å²) in [6, 6.07) is 3.73. The Morgan fingerprint density at radius 1 is 1.07 bits per heavy atom. The van der Waals surface area contributed by atoms with Crippen LogP contribution in [0.4, 0.5) is 32.0 Å². The largest absolute Gasteiger partial charge is 0.490 e. The third-order valence-electron chi connectivity index (χ3n) is 5.41. The number of nitrogens with zero attached hydrogens (tertiary/aromatic N) is 5.